The summed E-state index contributed by atoms with van der Waals surface area (Å²) in [6.07, 6.45) is 3.41. The smallest absolute Gasteiger partial charge is 0.408 e. The van der Waals surface area contributed by atoms with Crippen LogP contribution < -0.4 is 10.6 Å². The number of ether oxygens (including phenoxy) is 1. The molecule has 34 heavy (non-hydrogen) atoms. The minimum absolute atomic E-state index is 0.000278. The van der Waals surface area contributed by atoms with Crippen molar-refractivity contribution in [2.75, 3.05) is 0 Å². The van der Waals surface area contributed by atoms with E-state index in [-0.39, 0.29) is 36.6 Å². The quantitative estimate of drug-likeness (QED) is 0.334. The second-order valence-electron chi connectivity index (χ2n) is 9.78. The molecule has 0 saturated carbocycles. The lowest BCUT2D eigenvalue weighted by atomic mass is 9.88. The molecule has 3 atom stereocenters. The molecule has 7 heteroatoms. The van der Waals surface area contributed by atoms with Crippen LogP contribution in [0.15, 0.2) is 30.3 Å². The second-order valence-corrected chi connectivity index (χ2v) is 9.78. The van der Waals surface area contributed by atoms with Crippen LogP contribution in [0.25, 0.3) is 0 Å². The molecule has 0 fully saturated rings. The lowest BCUT2D eigenvalue weighted by molar-refractivity contribution is -0.132. The van der Waals surface area contributed by atoms with Gasteiger partial charge in [-0.3, -0.25) is 9.59 Å². The van der Waals surface area contributed by atoms with E-state index in [9.17, 15) is 19.2 Å². The zero-order chi connectivity index (χ0) is 25.5. The van der Waals surface area contributed by atoms with Crippen LogP contribution in [0.1, 0.15) is 78.7 Å². The van der Waals surface area contributed by atoms with Gasteiger partial charge in [0.05, 0.1) is 12.1 Å². The van der Waals surface area contributed by atoms with Gasteiger partial charge in [-0.05, 0) is 36.7 Å². The van der Waals surface area contributed by atoms with Gasteiger partial charge < -0.3 is 20.2 Å². The van der Waals surface area contributed by atoms with Crippen LogP contribution >= 0.6 is 0 Å². The van der Waals surface area contributed by atoms with Gasteiger partial charge in [0.2, 0.25) is 5.91 Å². The van der Waals surface area contributed by atoms with E-state index < -0.39 is 24.1 Å². The summed E-state index contributed by atoms with van der Waals surface area (Å²) >= 11 is 0. The van der Waals surface area contributed by atoms with E-state index in [0.717, 1.165) is 24.7 Å². The van der Waals surface area contributed by atoms with E-state index in [1.165, 1.54) is 0 Å². The number of hydrogen-bond acceptors (Lipinski definition) is 5. The van der Waals surface area contributed by atoms with Crippen molar-refractivity contribution < 1.29 is 23.9 Å². The Labute approximate surface area is 204 Å². The van der Waals surface area contributed by atoms with Gasteiger partial charge in [-0.25, -0.2) is 4.79 Å². The van der Waals surface area contributed by atoms with Crippen molar-refractivity contribution in [1.29, 1.82) is 0 Å². The Balaban J connectivity index is 2.82. The summed E-state index contributed by atoms with van der Waals surface area (Å²) in [5, 5.41) is 5.50. The maximum absolute atomic E-state index is 13.2. The highest BCUT2D eigenvalue weighted by atomic mass is 16.5. The molecule has 0 bridgehead atoms. The normalized spacial score (nSPS) is 13.7. The molecule has 0 aromatic heterocycles. The average molecular weight is 475 g/mol. The van der Waals surface area contributed by atoms with Crippen LogP contribution in [-0.2, 0) is 25.7 Å². The number of unbranched alkanes of at least 4 members (excludes halogenated alkanes) is 1. The number of hydrogen-bond donors (Lipinski definition) is 2. The molecule has 2 N–H and O–H groups in total. The standard InChI is InChI=1S/C27H42N2O5/c1-6-7-13-23(17-30)28-26(32)22(14-19(2)3)16-25(31)24(15-20(4)5)29-27(33)34-18-21-11-9-8-10-12-21/h8-12,17,19-20,22-24H,6-7,13-16,18H2,1-5H3,(H,28,32)(H,29,33)/t22-,23+,24+/m1/s1. The van der Waals surface area contributed by atoms with Gasteiger partial charge in [-0.1, -0.05) is 77.8 Å². The Hall–Kier alpha value is -2.70. The maximum atomic E-state index is 13.2. The monoisotopic (exact) mass is 474 g/mol. The molecule has 0 saturated heterocycles. The van der Waals surface area contributed by atoms with Gasteiger partial charge in [-0.2, -0.15) is 0 Å². The Morgan fingerprint density at radius 3 is 2.18 bits per heavy atom. The molecule has 0 heterocycles. The predicted molar refractivity (Wildman–Crippen MR) is 133 cm³/mol. The molecule has 190 valence electrons. The number of amides is 2. The number of ketones is 1. The fraction of sp³-hybridized carbons (Fsp3) is 0.630. The van der Waals surface area contributed by atoms with Crippen molar-refractivity contribution in [3.63, 3.8) is 0 Å². The lowest BCUT2D eigenvalue weighted by Gasteiger charge is -2.24. The Kier molecular flexibility index (Phi) is 13.8. The Morgan fingerprint density at radius 1 is 0.971 bits per heavy atom. The predicted octanol–water partition coefficient (Wildman–Crippen LogP) is 4.82. The summed E-state index contributed by atoms with van der Waals surface area (Å²) < 4.78 is 5.29. The third-order valence-corrected chi connectivity index (χ3v) is 5.54. The van der Waals surface area contributed by atoms with E-state index in [1.54, 1.807) is 0 Å². The fourth-order valence-electron chi connectivity index (χ4n) is 3.79. The minimum atomic E-state index is -0.743. The van der Waals surface area contributed by atoms with E-state index in [1.807, 2.05) is 65.0 Å². The molecule has 0 radical (unpaired) electrons. The molecule has 1 aromatic carbocycles. The molecular formula is C27H42N2O5. The SMILES string of the molecule is CCCC[C@@H](C=O)NC(=O)[C@@H](CC(=O)[C@H](CC(C)C)NC(=O)OCc1ccccc1)CC(C)C. The van der Waals surface area contributed by atoms with Gasteiger partial charge in [0.25, 0.3) is 0 Å². The minimum Gasteiger partial charge on any atom is -0.445 e. The van der Waals surface area contributed by atoms with Gasteiger partial charge in [-0.15, -0.1) is 0 Å². The first-order chi connectivity index (χ1) is 16.2. The van der Waals surface area contributed by atoms with Crippen molar-refractivity contribution in [2.24, 2.45) is 17.8 Å². The molecule has 0 aliphatic heterocycles. The summed E-state index contributed by atoms with van der Waals surface area (Å²) in [5.74, 6) is -0.698. The summed E-state index contributed by atoms with van der Waals surface area (Å²) in [4.78, 5) is 49.9. The highest BCUT2D eigenvalue weighted by molar-refractivity contribution is 5.92. The van der Waals surface area contributed by atoms with Crippen LogP contribution in [0.5, 0.6) is 0 Å². The van der Waals surface area contributed by atoms with E-state index in [2.05, 4.69) is 10.6 Å². The highest BCUT2D eigenvalue weighted by Crippen LogP contribution is 2.20. The Bertz CT molecular complexity index is 764. The Morgan fingerprint density at radius 2 is 1.62 bits per heavy atom. The van der Waals surface area contributed by atoms with E-state index >= 15 is 0 Å². The average Bonchev–Trinajstić information content (AvgIpc) is 2.79. The summed E-state index contributed by atoms with van der Waals surface area (Å²) in [6.45, 7) is 10.1. The molecule has 2 amide bonds. The van der Waals surface area contributed by atoms with Crippen LogP contribution in [0.3, 0.4) is 0 Å². The fourth-order valence-corrected chi connectivity index (χ4v) is 3.79. The number of alkyl carbamates (subject to hydrolysis) is 1. The van der Waals surface area contributed by atoms with E-state index in [0.29, 0.717) is 19.3 Å². The zero-order valence-corrected chi connectivity index (χ0v) is 21.3. The number of carbonyl (C=O) groups is 4. The number of aldehydes is 1. The summed E-state index contributed by atoms with van der Waals surface area (Å²) in [5.41, 5.74) is 0.853. The van der Waals surface area contributed by atoms with Gasteiger partial charge in [0.1, 0.15) is 12.9 Å². The number of carbonyl (C=O) groups excluding carboxylic acids is 4. The molecular weight excluding hydrogens is 432 g/mol. The number of Topliss-reactive ketones (excluding diaryl/α,β-unsaturated/α-hetero) is 1. The van der Waals surface area contributed by atoms with Crippen LogP contribution in [0, 0.1) is 17.8 Å². The van der Waals surface area contributed by atoms with Crippen LogP contribution in [0.4, 0.5) is 4.79 Å². The second kappa shape index (κ2) is 16.0. The van der Waals surface area contributed by atoms with Crippen molar-refractivity contribution in [3.8, 4) is 0 Å². The lowest BCUT2D eigenvalue weighted by Crippen LogP contribution is -2.45. The van der Waals surface area contributed by atoms with Crippen molar-refractivity contribution in [2.45, 2.75) is 91.8 Å². The largest absolute Gasteiger partial charge is 0.445 e. The van der Waals surface area contributed by atoms with Gasteiger partial charge >= 0.3 is 6.09 Å². The number of nitrogens with one attached hydrogen (secondary N) is 2. The van der Waals surface area contributed by atoms with Crippen molar-refractivity contribution in [3.05, 3.63) is 35.9 Å². The van der Waals surface area contributed by atoms with Gasteiger partial charge in [0.15, 0.2) is 5.78 Å². The molecule has 1 rings (SSSR count). The first-order valence-corrected chi connectivity index (χ1v) is 12.4. The van der Waals surface area contributed by atoms with Gasteiger partial charge in [0, 0.05) is 12.3 Å². The molecule has 7 nitrogen and oxygen atoms in total. The molecule has 0 unspecified atom stereocenters. The summed E-state index contributed by atoms with van der Waals surface area (Å²) in [6, 6.07) is 8.02. The number of rotatable bonds is 16. The van der Waals surface area contributed by atoms with Crippen molar-refractivity contribution >= 4 is 24.1 Å². The third kappa shape index (κ3) is 12.0. The van der Waals surface area contributed by atoms with Crippen molar-refractivity contribution in [1.82, 2.24) is 10.6 Å². The van der Waals surface area contributed by atoms with Crippen LogP contribution in [-0.4, -0.2) is 36.2 Å². The molecule has 1 aromatic rings. The number of benzene rings is 1. The first-order valence-electron chi connectivity index (χ1n) is 12.4. The summed E-state index contributed by atoms with van der Waals surface area (Å²) in [7, 11) is 0. The van der Waals surface area contributed by atoms with Crippen LogP contribution in [0.2, 0.25) is 0 Å². The van der Waals surface area contributed by atoms with E-state index in [4.69, 9.17) is 4.74 Å². The molecule has 0 aliphatic carbocycles. The maximum Gasteiger partial charge on any atom is 0.408 e. The highest BCUT2D eigenvalue weighted by Gasteiger charge is 2.30. The molecule has 0 spiro atoms. The third-order valence-electron chi connectivity index (χ3n) is 5.54. The topological polar surface area (TPSA) is 102 Å². The molecule has 0 aliphatic rings. The first kappa shape index (κ1) is 29.3. The zero-order valence-electron chi connectivity index (χ0n) is 21.3.